The number of rotatable bonds is 6. The Morgan fingerprint density at radius 1 is 1.29 bits per heavy atom. The summed E-state index contributed by atoms with van der Waals surface area (Å²) in [5.74, 6) is 1.70. The summed E-state index contributed by atoms with van der Waals surface area (Å²) in [6, 6.07) is 3.38. The highest BCUT2D eigenvalue weighted by atomic mass is 16.5. The van der Waals surface area contributed by atoms with E-state index in [1.54, 1.807) is 12.1 Å². The van der Waals surface area contributed by atoms with Crippen LogP contribution in [0.25, 0.3) is 0 Å². The molecule has 0 N–H and O–H groups in total. The van der Waals surface area contributed by atoms with Crippen LogP contribution in [0.1, 0.15) is 18.6 Å². The third-order valence-electron chi connectivity index (χ3n) is 1.81. The van der Waals surface area contributed by atoms with Gasteiger partial charge >= 0.3 is 11.9 Å². The van der Waals surface area contributed by atoms with Crippen molar-refractivity contribution in [3.05, 3.63) is 24.2 Å². The van der Waals surface area contributed by atoms with Gasteiger partial charge in [-0.25, -0.2) is 0 Å². The first-order valence-corrected chi connectivity index (χ1v) is 4.99. The van der Waals surface area contributed by atoms with Gasteiger partial charge in [-0.05, 0) is 12.1 Å². The molecule has 0 aliphatic rings. The van der Waals surface area contributed by atoms with Crippen LogP contribution >= 0.6 is 0 Å². The van der Waals surface area contributed by atoms with Gasteiger partial charge in [0.25, 0.3) is 0 Å². The fourth-order valence-electron chi connectivity index (χ4n) is 1.02. The van der Waals surface area contributed by atoms with E-state index < -0.39 is 11.9 Å². The Labute approximate surface area is 98.7 Å². The monoisotopic (exact) mass is 236 g/mol. The Hall–Kier alpha value is -2.22. The van der Waals surface area contributed by atoms with Crippen molar-refractivity contribution in [1.29, 1.82) is 0 Å². The van der Waals surface area contributed by atoms with Crippen molar-refractivity contribution in [2.24, 2.45) is 0 Å². The normalized spacial score (nSPS) is 9.35. The van der Waals surface area contributed by atoms with Crippen LogP contribution in [-0.4, -0.2) is 18.5 Å². The summed E-state index contributed by atoms with van der Waals surface area (Å²) < 4.78 is 14.4. The average Bonchev–Trinajstić information content (AvgIpc) is 2.84. The zero-order valence-corrected chi connectivity index (χ0v) is 9.18. The highest BCUT2D eigenvalue weighted by Gasteiger charge is 2.09. The molecule has 0 aliphatic heterocycles. The lowest BCUT2D eigenvalue weighted by atomic mass is 10.3. The van der Waals surface area contributed by atoms with Gasteiger partial charge in [0.2, 0.25) is 0 Å². The second-order valence-electron chi connectivity index (χ2n) is 3.10. The molecule has 0 spiro atoms. The Bertz CT molecular complexity index is 399. The van der Waals surface area contributed by atoms with Gasteiger partial charge in [-0.15, -0.1) is 6.42 Å². The lowest BCUT2D eigenvalue weighted by molar-refractivity contribution is -0.150. The first-order chi connectivity index (χ1) is 8.22. The average molecular weight is 236 g/mol. The molecule has 0 aromatic carbocycles. The molecule has 0 unspecified atom stereocenters. The minimum atomic E-state index is -0.516. The van der Waals surface area contributed by atoms with Gasteiger partial charge in [0.15, 0.2) is 6.61 Å². The maximum Gasteiger partial charge on any atom is 0.307 e. The quantitative estimate of drug-likeness (QED) is 0.550. The molecule has 0 saturated heterocycles. The molecule has 0 amide bonds. The molecule has 5 heteroatoms. The highest BCUT2D eigenvalue weighted by Crippen LogP contribution is 2.04. The molecule has 1 aromatic heterocycles. The fourth-order valence-corrected chi connectivity index (χ4v) is 1.02. The molecule has 1 rings (SSSR count). The Kier molecular flexibility index (Phi) is 5.38. The number of carbonyl (C=O) groups is 2. The third-order valence-corrected chi connectivity index (χ3v) is 1.81. The van der Waals surface area contributed by atoms with Crippen molar-refractivity contribution in [2.75, 3.05) is 6.61 Å². The van der Waals surface area contributed by atoms with Crippen molar-refractivity contribution in [1.82, 2.24) is 0 Å². The van der Waals surface area contributed by atoms with Crippen molar-refractivity contribution >= 4 is 11.9 Å². The summed E-state index contributed by atoms with van der Waals surface area (Å²) in [7, 11) is 0. The predicted molar refractivity (Wildman–Crippen MR) is 57.5 cm³/mol. The first-order valence-electron chi connectivity index (χ1n) is 4.99. The van der Waals surface area contributed by atoms with E-state index in [4.69, 9.17) is 15.6 Å². The predicted octanol–water partition coefficient (Wildman–Crippen LogP) is 1.28. The van der Waals surface area contributed by atoms with Crippen LogP contribution in [-0.2, 0) is 25.7 Å². The maximum absolute atomic E-state index is 11.2. The number of terminal acetylenes is 1. The molecule has 1 aromatic rings. The van der Waals surface area contributed by atoms with Gasteiger partial charge in [0, 0.05) is 0 Å². The summed E-state index contributed by atoms with van der Waals surface area (Å²) in [5.41, 5.74) is 0. The number of esters is 2. The molecular weight excluding hydrogens is 224 g/mol. The van der Waals surface area contributed by atoms with Crippen LogP contribution in [0.4, 0.5) is 0 Å². The van der Waals surface area contributed by atoms with Gasteiger partial charge in [-0.1, -0.05) is 5.92 Å². The molecule has 5 nitrogen and oxygen atoms in total. The Morgan fingerprint density at radius 3 is 2.59 bits per heavy atom. The largest absolute Gasteiger partial charge is 0.466 e. The molecule has 0 saturated carbocycles. The van der Waals surface area contributed by atoms with E-state index in [2.05, 4.69) is 10.7 Å². The molecule has 0 fully saturated rings. The lowest BCUT2D eigenvalue weighted by Gasteiger charge is -2.02. The maximum atomic E-state index is 11.2. The third kappa shape index (κ3) is 5.42. The molecule has 0 aliphatic carbocycles. The van der Waals surface area contributed by atoms with Crippen molar-refractivity contribution in [3.8, 4) is 12.3 Å². The summed E-state index contributed by atoms with van der Waals surface area (Å²) >= 11 is 0. The van der Waals surface area contributed by atoms with Crippen LogP contribution in [0.5, 0.6) is 0 Å². The molecule has 1 heterocycles. The Morgan fingerprint density at radius 2 is 2.00 bits per heavy atom. The lowest BCUT2D eigenvalue weighted by Crippen LogP contribution is -2.10. The Balaban J connectivity index is 2.13. The minimum absolute atomic E-state index is 0.0376. The van der Waals surface area contributed by atoms with Gasteiger partial charge in [0.05, 0.1) is 19.1 Å². The fraction of sp³-hybridized carbons (Fsp3) is 0.333. The summed E-state index contributed by atoms with van der Waals surface area (Å²) in [5, 5.41) is 0. The summed E-state index contributed by atoms with van der Waals surface area (Å²) in [6.45, 7) is -0.0223. The zero-order chi connectivity index (χ0) is 12.5. The van der Waals surface area contributed by atoms with E-state index in [-0.39, 0.29) is 26.1 Å². The summed E-state index contributed by atoms with van der Waals surface area (Å²) in [4.78, 5) is 22.2. The zero-order valence-electron chi connectivity index (χ0n) is 9.18. The number of hydrogen-bond acceptors (Lipinski definition) is 5. The number of hydrogen-bond donors (Lipinski definition) is 0. The van der Waals surface area contributed by atoms with E-state index in [0.717, 1.165) is 0 Å². The topological polar surface area (TPSA) is 65.7 Å². The number of carbonyl (C=O) groups excluding carboxylic acids is 2. The number of ether oxygens (including phenoxy) is 2. The van der Waals surface area contributed by atoms with Crippen LogP contribution in [0.3, 0.4) is 0 Å². The van der Waals surface area contributed by atoms with Crippen molar-refractivity contribution in [2.45, 2.75) is 19.4 Å². The molecule has 17 heavy (non-hydrogen) atoms. The van der Waals surface area contributed by atoms with Gasteiger partial charge < -0.3 is 13.9 Å². The van der Waals surface area contributed by atoms with Crippen LogP contribution < -0.4 is 0 Å². The molecule has 0 bridgehead atoms. The van der Waals surface area contributed by atoms with Crippen LogP contribution in [0.15, 0.2) is 22.8 Å². The van der Waals surface area contributed by atoms with E-state index in [1.165, 1.54) is 6.26 Å². The van der Waals surface area contributed by atoms with E-state index in [9.17, 15) is 9.59 Å². The van der Waals surface area contributed by atoms with Gasteiger partial charge in [-0.3, -0.25) is 9.59 Å². The van der Waals surface area contributed by atoms with Gasteiger partial charge in [0.1, 0.15) is 12.4 Å². The number of furan rings is 1. The molecule has 0 radical (unpaired) electrons. The summed E-state index contributed by atoms with van der Waals surface area (Å²) in [6.07, 6.45) is 6.31. The SMILES string of the molecule is C#CCOC(=O)CCC(=O)OCc1ccco1. The highest BCUT2D eigenvalue weighted by molar-refractivity contribution is 5.77. The van der Waals surface area contributed by atoms with Gasteiger partial charge in [-0.2, -0.15) is 0 Å². The van der Waals surface area contributed by atoms with Crippen molar-refractivity contribution in [3.63, 3.8) is 0 Å². The van der Waals surface area contributed by atoms with E-state index >= 15 is 0 Å². The van der Waals surface area contributed by atoms with Crippen molar-refractivity contribution < 1.29 is 23.5 Å². The molecule has 90 valence electrons. The smallest absolute Gasteiger partial charge is 0.307 e. The second kappa shape index (κ2) is 7.12. The first kappa shape index (κ1) is 12.8. The van der Waals surface area contributed by atoms with E-state index in [1.807, 2.05) is 0 Å². The minimum Gasteiger partial charge on any atom is -0.466 e. The van der Waals surface area contributed by atoms with Crippen LogP contribution in [0.2, 0.25) is 0 Å². The van der Waals surface area contributed by atoms with E-state index in [0.29, 0.717) is 5.76 Å². The standard InChI is InChI=1S/C12H12O5/c1-2-7-16-11(13)5-6-12(14)17-9-10-4-3-8-15-10/h1,3-4,8H,5-7,9H2. The second-order valence-corrected chi connectivity index (χ2v) is 3.10. The van der Waals surface area contributed by atoms with Crippen LogP contribution in [0, 0.1) is 12.3 Å². The molecule has 0 atom stereocenters. The molecular formula is C12H12O5.